The topological polar surface area (TPSA) is 58.6 Å². The zero-order valence-electron chi connectivity index (χ0n) is 27.5. The predicted octanol–water partition coefficient (Wildman–Crippen LogP) is 9.62. The Bertz CT molecular complexity index is 555. The molecule has 0 fully saturated rings. The van der Waals surface area contributed by atoms with Gasteiger partial charge in [0.1, 0.15) is 0 Å². The van der Waals surface area contributed by atoms with Gasteiger partial charge in [-0.25, -0.2) is 0 Å². The zero-order chi connectivity index (χ0) is 29.5. The van der Waals surface area contributed by atoms with Crippen molar-refractivity contribution in [3.8, 4) is 0 Å². The van der Waals surface area contributed by atoms with Crippen molar-refractivity contribution < 1.29 is 14.3 Å². The number of hydrogen-bond donors (Lipinski definition) is 1. The number of carbonyl (C=O) groups is 2. The average Bonchev–Trinajstić information content (AvgIpc) is 2.94. The molecule has 0 aliphatic heterocycles. The number of rotatable bonds is 31. The summed E-state index contributed by atoms with van der Waals surface area (Å²) in [5.74, 6) is 0.257. The van der Waals surface area contributed by atoms with E-state index in [4.69, 9.17) is 4.74 Å². The molecule has 5 nitrogen and oxygen atoms in total. The van der Waals surface area contributed by atoms with Crippen LogP contribution in [0, 0.1) is 5.92 Å². The molecule has 0 spiro atoms. The molecule has 0 heterocycles. The molecule has 0 radical (unpaired) electrons. The van der Waals surface area contributed by atoms with Gasteiger partial charge >= 0.3 is 5.97 Å². The smallest absolute Gasteiger partial charge is 0.308 e. The third-order valence-electron chi connectivity index (χ3n) is 8.11. The Morgan fingerprint density at radius 3 is 1.57 bits per heavy atom. The third kappa shape index (κ3) is 27.1. The van der Waals surface area contributed by atoms with Crippen LogP contribution in [-0.2, 0) is 14.3 Å². The lowest BCUT2D eigenvalue weighted by molar-refractivity contribution is -0.149. The monoisotopic (exact) mass is 567 g/mol. The fourth-order valence-electron chi connectivity index (χ4n) is 5.45. The number of carbonyl (C=O) groups excluding carboxylic acids is 2. The molecule has 0 aromatic carbocycles. The molecule has 0 aromatic rings. The van der Waals surface area contributed by atoms with Crippen LogP contribution in [0.25, 0.3) is 0 Å². The summed E-state index contributed by atoms with van der Waals surface area (Å²) in [6.45, 7) is 13.3. The van der Waals surface area contributed by atoms with E-state index in [9.17, 15) is 9.59 Å². The molecule has 0 aliphatic carbocycles. The zero-order valence-corrected chi connectivity index (χ0v) is 27.5. The lowest BCUT2D eigenvalue weighted by Crippen LogP contribution is -2.27. The first kappa shape index (κ1) is 38.9. The van der Waals surface area contributed by atoms with Gasteiger partial charge in [-0.2, -0.15) is 0 Å². The molecule has 238 valence electrons. The lowest BCUT2D eigenvalue weighted by atomic mass is 9.94. The molecule has 1 atom stereocenters. The van der Waals surface area contributed by atoms with Crippen LogP contribution in [-0.4, -0.2) is 49.6 Å². The highest BCUT2D eigenvalue weighted by atomic mass is 16.5. The summed E-state index contributed by atoms with van der Waals surface area (Å²) < 4.78 is 5.79. The predicted molar refractivity (Wildman–Crippen MR) is 173 cm³/mol. The van der Waals surface area contributed by atoms with Crippen LogP contribution in [0.1, 0.15) is 175 Å². The molecular weight excluding hydrogens is 496 g/mol. The number of esters is 1. The van der Waals surface area contributed by atoms with Gasteiger partial charge in [0.25, 0.3) is 0 Å². The van der Waals surface area contributed by atoms with Gasteiger partial charge in [-0.05, 0) is 64.6 Å². The minimum Gasteiger partial charge on any atom is -0.465 e. The van der Waals surface area contributed by atoms with Crippen LogP contribution >= 0.6 is 0 Å². The van der Waals surface area contributed by atoms with Crippen LogP contribution in [0.5, 0.6) is 0 Å². The highest BCUT2D eigenvalue weighted by molar-refractivity contribution is 5.72. The number of ether oxygens (including phenoxy) is 1. The van der Waals surface area contributed by atoms with E-state index in [1.807, 2.05) is 0 Å². The maximum Gasteiger partial charge on any atom is 0.308 e. The Labute approximate surface area is 250 Å². The molecule has 1 N–H and O–H groups in total. The van der Waals surface area contributed by atoms with Crippen LogP contribution in [0.4, 0.5) is 0 Å². The Morgan fingerprint density at radius 2 is 1.00 bits per heavy atom. The van der Waals surface area contributed by atoms with Gasteiger partial charge in [0.05, 0.1) is 12.5 Å². The van der Waals surface area contributed by atoms with Crippen molar-refractivity contribution in [1.29, 1.82) is 0 Å². The summed E-state index contributed by atoms with van der Waals surface area (Å²) in [4.78, 5) is 26.5. The standard InChI is InChI=1S/C35H70N2O3/c1-5-8-11-13-14-15-20-27-34(26-19-12-9-6-2)35(39)40-32-25-17-16-23-30-37(29-22-10-7-3)31-24-18-21-28-36-33(4)38/h34H,5-32H2,1-4H3,(H,36,38). The first-order chi connectivity index (χ1) is 19.5. The fraction of sp³-hybridized carbons (Fsp3) is 0.943. The van der Waals surface area contributed by atoms with Crippen molar-refractivity contribution in [2.24, 2.45) is 5.92 Å². The van der Waals surface area contributed by atoms with Gasteiger partial charge in [0, 0.05) is 13.5 Å². The van der Waals surface area contributed by atoms with Crippen molar-refractivity contribution in [3.63, 3.8) is 0 Å². The number of unbranched alkanes of at least 4 members (excludes halogenated alkanes) is 16. The Morgan fingerprint density at radius 1 is 0.575 bits per heavy atom. The summed E-state index contributed by atoms with van der Waals surface area (Å²) >= 11 is 0. The van der Waals surface area contributed by atoms with E-state index in [0.29, 0.717) is 6.61 Å². The summed E-state index contributed by atoms with van der Waals surface area (Å²) in [5, 5.41) is 2.90. The van der Waals surface area contributed by atoms with E-state index < -0.39 is 0 Å². The molecule has 1 amide bonds. The molecule has 0 saturated carbocycles. The maximum absolute atomic E-state index is 12.9. The van der Waals surface area contributed by atoms with E-state index >= 15 is 0 Å². The third-order valence-corrected chi connectivity index (χ3v) is 8.11. The Balaban J connectivity index is 4.16. The minimum atomic E-state index is 0.0710. The Kier molecular flexibility index (Phi) is 30.0. The molecule has 0 aliphatic rings. The summed E-state index contributed by atoms with van der Waals surface area (Å²) in [5.41, 5.74) is 0. The van der Waals surface area contributed by atoms with Crippen molar-refractivity contribution in [1.82, 2.24) is 10.2 Å². The number of nitrogens with one attached hydrogen (secondary N) is 1. The van der Waals surface area contributed by atoms with Gasteiger partial charge in [0.15, 0.2) is 0 Å². The Hall–Kier alpha value is -1.10. The second-order valence-corrected chi connectivity index (χ2v) is 12.1. The molecule has 5 heteroatoms. The van der Waals surface area contributed by atoms with E-state index in [-0.39, 0.29) is 17.8 Å². The second-order valence-electron chi connectivity index (χ2n) is 12.1. The average molecular weight is 567 g/mol. The van der Waals surface area contributed by atoms with E-state index in [1.165, 1.54) is 129 Å². The second kappa shape index (κ2) is 30.8. The van der Waals surface area contributed by atoms with Gasteiger partial charge in [-0.3, -0.25) is 9.59 Å². The molecule has 0 saturated heterocycles. The molecule has 0 rings (SSSR count). The molecular formula is C35H70N2O3. The normalized spacial score (nSPS) is 12.1. The number of nitrogens with zero attached hydrogens (tertiary/aromatic N) is 1. The quantitative estimate of drug-likeness (QED) is 0.0670. The van der Waals surface area contributed by atoms with Crippen LogP contribution in [0.15, 0.2) is 0 Å². The van der Waals surface area contributed by atoms with Crippen molar-refractivity contribution >= 4 is 11.9 Å². The highest BCUT2D eigenvalue weighted by Gasteiger charge is 2.19. The minimum absolute atomic E-state index is 0.0710. The van der Waals surface area contributed by atoms with Crippen molar-refractivity contribution in [2.45, 2.75) is 175 Å². The fourth-order valence-corrected chi connectivity index (χ4v) is 5.45. The van der Waals surface area contributed by atoms with Gasteiger partial charge in [0.2, 0.25) is 5.91 Å². The number of hydrogen-bond acceptors (Lipinski definition) is 4. The van der Waals surface area contributed by atoms with Crippen molar-refractivity contribution in [2.75, 3.05) is 32.8 Å². The molecule has 1 unspecified atom stereocenters. The first-order valence-electron chi connectivity index (χ1n) is 17.7. The lowest BCUT2D eigenvalue weighted by Gasteiger charge is -2.22. The molecule has 0 aromatic heterocycles. The van der Waals surface area contributed by atoms with E-state index in [2.05, 4.69) is 31.0 Å². The van der Waals surface area contributed by atoms with Crippen LogP contribution < -0.4 is 5.32 Å². The van der Waals surface area contributed by atoms with E-state index in [1.54, 1.807) is 6.92 Å². The molecule has 0 bridgehead atoms. The van der Waals surface area contributed by atoms with Crippen molar-refractivity contribution in [3.05, 3.63) is 0 Å². The largest absolute Gasteiger partial charge is 0.465 e. The summed E-state index contributed by atoms with van der Waals surface area (Å²) in [7, 11) is 0. The van der Waals surface area contributed by atoms with Gasteiger partial charge < -0.3 is 15.0 Å². The SMILES string of the molecule is CCCCCCCCCC(CCCCCC)C(=O)OCCCCCCN(CCCCC)CCCCCNC(C)=O. The summed E-state index contributed by atoms with van der Waals surface area (Å²) in [6.07, 6.45) is 27.9. The van der Waals surface area contributed by atoms with Crippen LogP contribution in [0.3, 0.4) is 0 Å². The van der Waals surface area contributed by atoms with E-state index in [0.717, 1.165) is 45.1 Å². The van der Waals surface area contributed by atoms with Crippen LogP contribution in [0.2, 0.25) is 0 Å². The highest BCUT2D eigenvalue weighted by Crippen LogP contribution is 2.21. The summed E-state index contributed by atoms with van der Waals surface area (Å²) in [6, 6.07) is 0. The van der Waals surface area contributed by atoms with Gasteiger partial charge in [-0.15, -0.1) is 0 Å². The molecule has 40 heavy (non-hydrogen) atoms. The first-order valence-corrected chi connectivity index (χ1v) is 17.7. The van der Waals surface area contributed by atoms with Gasteiger partial charge in [-0.1, -0.05) is 124 Å². The maximum atomic E-state index is 12.9. The number of amides is 1.